The average Bonchev–Trinajstić information content (AvgIpc) is 3.10. The van der Waals surface area contributed by atoms with Crippen molar-refractivity contribution < 1.29 is 9.53 Å². The molecule has 6 nitrogen and oxygen atoms in total. The molecule has 0 saturated carbocycles. The molecule has 0 unspecified atom stereocenters. The number of carbonyl (C=O) groups is 1. The third kappa shape index (κ3) is 4.53. The largest absolute Gasteiger partial charge is 0.443 e. The van der Waals surface area contributed by atoms with Gasteiger partial charge in [-0.25, -0.2) is 4.79 Å². The maximum atomic E-state index is 12.9. The first-order valence-corrected chi connectivity index (χ1v) is 11.1. The molecular weight excluding hydrogens is 376 g/mol. The van der Waals surface area contributed by atoms with Crippen molar-refractivity contribution in [3.63, 3.8) is 0 Å². The molecule has 6 heteroatoms. The second kappa shape index (κ2) is 8.06. The predicted octanol–water partition coefficient (Wildman–Crippen LogP) is 4.92. The molecule has 2 aromatic rings. The number of aromatic nitrogens is 2. The molecule has 1 saturated heterocycles. The first-order valence-electron chi connectivity index (χ1n) is 11.1. The quantitative estimate of drug-likeness (QED) is 0.705. The molecular formula is C24H34N4O2. The fourth-order valence-corrected chi connectivity index (χ4v) is 4.32. The second-order valence-corrected chi connectivity index (χ2v) is 9.94. The minimum atomic E-state index is -0.512. The molecule has 0 N–H and O–H groups in total. The minimum Gasteiger partial charge on any atom is -0.443 e. The highest BCUT2D eigenvalue weighted by atomic mass is 16.6. The Balaban J connectivity index is 1.61. The van der Waals surface area contributed by atoms with Crippen molar-refractivity contribution in [1.29, 1.82) is 0 Å². The molecule has 0 spiro atoms. The number of carbonyl (C=O) groups excluding carboxylic acids is 1. The van der Waals surface area contributed by atoms with Gasteiger partial charge in [-0.1, -0.05) is 19.1 Å². The molecule has 0 radical (unpaired) electrons. The van der Waals surface area contributed by atoms with E-state index in [1.54, 1.807) is 4.90 Å². The summed E-state index contributed by atoms with van der Waals surface area (Å²) in [5, 5.41) is 5.96. The van der Waals surface area contributed by atoms with E-state index in [0.29, 0.717) is 18.5 Å². The van der Waals surface area contributed by atoms with Gasteiger partial charge < -0.3 is 9.64 Å². The molecule has 2 aliphatic heterocycles. The van der Waals surface area contributed by atoms with Crippen LogP contribution in [0, 0.1) is 5.92 Å². The van der Waals surface area contributed by atoms with Crippen molar-refractivity contribution in [1.82, 2.24) is 19.6 Å². The summed E-state index contributed by atoms with van der Waals surface area (Å²) in [5.74, 6) is 0.414. The number of likely N-dealkylation sites (tertiary alicyclic amines) is 1. The number of benzene rings is 1. The Morgan fingerprint density at radius 3 is 2.63 bits per heavy atom. The molecule has 0 aliphatic carbocycles. The molecule has 1 aromatic carbocycles. The molecule has 0 bridgehead atoms. The van der Waals surface area contributed by atoms with Gasteiger partial charge in [0.2, 0.25) is 0 Å². The topological polar surface area (TPSA) is 50.6 Å². The van der Waals surface area contributed by atoms with Gasteiger partial charge in [0.15, 0.2) is 0 Å². The Morgan fingerprint density at radius 2 is 1.93 bits per heavy atom. The average molecular weight is 411 g/mol. The monoisotopic (exact) mass is 410 g/mol. The fraction of sp³-hybridized carbons (Fsp3) is 0.583. The van der Waals surface area contributed by atoms with Crippen LogP contribution in [0.1, 0.15) is 58.6 Å². The highest BCUT2D eigenvalue weighted by Gasteiger charge is 2.29. The summed E-state index contributed by atoms with van der Waals surface area (Å²) in [4.78, 5) is 17.1. The number of hydrogen-bond donors (Lipinski definition) is 0. The lowest BCUT2D eigenvalue weighted by atomic mass is 9.98. The van der Waals surface area contributed by atoms with Crippen molar-refractivity contribution in [2.75, 3.05) is 26.7 Å². The van der Waals surface area contributed by atoms with E-state index in [-0.39, 0.29) is 6.09 Å². The van der Waals surface area contributed by atoms with Crippen LogP contribution in [0.4, 0.5) is 4.79 Å². The summed E-state index contributed by atoms with van der Waals surface area (Å²) >= 11 is 0. The van der Waals surface area contributed by atoms with E-state index in [2.05, 4.69) is 54.0 Å². The van der Waals surface area contributed by atoms with Crippen LogP contribution < -0.4 is 0 Å². The highest BCUT2D eigenvalue weighted by Crippen LogP contribution is 2.31. The Bertz CT molecular complexity index is 948. The number of fused-ring (bicyclic) bond motifs is 1. The maximum absolute atomic E-state index is 12.9. The first kappa shape index (κ1) is 20.9. The van der Waals surface area contributed by atoms with Crippen LogP contribution in [0.2, 0.25) is 0 Å². The van der Waals surface area contributed by atoms with Crippen LogP contribution in [0.15, 0.2) is 30.5 Å². The Kier molecular flexibility index (Phi) is 5.62. The van der Waals surface area contributed by atoms with Gasteiger partial charge in [0.05, 0.1) is 17.3 Å². The van der Waals surface area contributed by atoms with Crippen molar-refractivity contribution in [3.05, 3.63) is 36.0 Å². The number of amides is 1. The van der Waals surface area contributed by atoms with Crippen molar-refractivity contribution in [2.24, 2.45) is 5.92 Å². The standard InChI is InChI=1S/C24H34N4O2/c1-17-6-9-22(27(15-17)23(29)30-24(2,3)4)18-7-8-21-19(14-18)16-28(25-21)20-10-12-26(5)13-11-20/h7-9,14,16-17,20H,6,10-13,15H2,1-5H3/t17-/m0/s1. The molecule has 4 rings (SSSR count). The lowest BCUT2D eigenvalue weighted by molar-refractivity contribution is 0.0327. The Morgan fingerprint density at radius 1 is 1.20 bits per heavy atom. The summed E-state index contributed by atoms with van der Waals surface area (Å²) in [6.45, 7) is 10.8. The van der Waals surface area contributed by atoms with Gasteiger partial charge in [0, 0.05) is 18.1 Å². The normalized spacial score (nSPS) is 21.7. The number of ether oxygens (including phenoxy) is 1. The van der Waals surface area contributed by atoms with Gasteiger partial charge in [0.25, 0.3) is 0 Å². The van der Waals surface area contributed by atoms with Gasteiger partial charge in [0.1, 0.15) is 5.60 Å². The summed E-state index contributed by atoms with van der Waals surface area (Å²) in [7, 11) is 2.18. The van der Waals surface area contributed by atoms with Gasteiger partial charge in [-0.05, 0) is 83.8 Å². The molecule has 162 valence electrons. The highest BCUT2D eigenvalue weighted by molar-refractivity contribution is 5.87. The van der Waals surface area contributed by atoms with Crippen LogP contribution in [0.3, 0.4) is 0 Å². The maximum Gasteiger partial charge on any atom is 0.414 e. The van der Waals surface area contributed by atoms with Crippen LogP contribution in [-0.2, 0) is 4.74 Å². The van der Waals surface area contributed by atoms with Crippen LogP contribution in [0.5, 0.6) is 0 Å². The van der Waals surface area contributed by atoms with Crippen molar-refractivity contribution in [3.8, 4) is 0 Å². The van der Waals surface area contributed by atoms with Crippen molar-refractivity contribution in [2.45, 2.75) is 58.6 Å². The zero-order valence-corrected chi connectivity index (χ0v) is 18.9. The number of hydrogen-bond acceptors (Lipinski definition) is 4. The second-order valence-electron chi connectivity index (χ2n) is 9.94. The van der Waals surface area contributed by atoms with Gasteiger partial charge >= 0.3 is 6.09 Å². The third-order valence-corrected chi connectivity index (χ3v) is 5.99. The van der Waals surface area contributed by atoms with Gasteiger partial charge in [-0.3, -0.25) is 9.58 Å². The summed E-state index contributed by atoms with van der Waals surface area (Å²) in [6, 6.07) is 6.77. The summed E-state index contributed by atoms with van der Waals surface area (Å²) < 4.78 is 7.83. The van der Waals surface area contributed by atoms with Crippen LogP contribution in [0.25, 0.3) is 16.6 Å². The lowest BCUT2D eigenvalue weighted by Crippen LogP contribution is -2.39. The van der Waals surface area contributed by atoms with E-state index in [1.165, 1.54) is 0 Å². The van der Waals surface area contributed by atoms with E-state index in [1.807, 2.05) is 20.8 Å². The number of piperidine rings is 1. The van der Waals surface area contributed by atoms with E-state index in [0.717, 1.165) is 54.5 Å². The van der Waals surface area contributed by atoms with Gasteiger partial charge in [-0.2, -0.15) is 5.10 Å². The SMILES string of the molecule is C[C@H]1CC=C(c2ccc3nn(C4CCN(C)CC4)cc3c2)N(C(=O)OC(C)(C)C)C1. The third-order valence-electron chi connectivity index (χ3n) is 5.99. The minimum absolute atomic E-state index is 0.276. The number of nitrogens with zero attached hydrogens (tertiary/aromatic N) is 4. The van der Waals surface area contributed by atoms with E-state index in [4.69, 9.17) is 9.84 Å². The predicted molar refractivity (Wildman–Crippen MR) is 120 cm³/mol. The van der Waals surface area contributed by atoms with E-state index in [9.17, 15) is 4.79 Å². The molecule has 30 heavy (non-hydrogen) atoms. The fourth-order valence-electron chi connectivity index (χ4n) is 4.32. The summed E-state index contributed by atoms with van der Waals surface area (Å²) in [5.41, 5.74) is 2.48. The zero-order chi connectivity index (χ0) is 21.5. The number of rotatable bonds is 2. The zero-order valence-electron chi connectivity index (χ0n) is 18.9. The molecule has 3 heterocycles. The smallest absolute Gasteiger partial charge is 0.414 e. The first-order chi connectivity index (χ1) is 14.2. The molecule has 2 aliphatic rings. The van der Waals surface area contributed by atoms with E-state index < -0.39 is 5.60 Å². The molecule has 1 aromatic heterocycles. The molecule has 1 amide bonds. The van der Waals surface area contributed by atoms with Crippen LogP contribution in [-0.4, -0.2) is 58.0 Å². The van der Waals surface area contributed by atoms with E-state index >= 15 is 0 Å². The molecule has 1 fully saturated rings. The Hall–Kier alpha value is -2.34. The van der Waals surface area contributed by atoms with Crippen LogP contribution >= 0.6 is 0 Å². The Labute approximate surface area is 179 Å². The summed E-state index contributed by atoms with van der Waals surface area (Å²) in [6.07, 6.45) is 7.28. The molecule has 1 atom stereocenters. The lowest BCUT2D eigenvalue weighted by Gasteiger charge is -2.33. The van der Waals surface area contributed by atoms with Gasteiger partial charge in [-0.15, -0.1) is 0 Å². The number of allylic oxidation sites excluding steroid dienone is 1. The van der Waals surface area contributed by atoms with Crippen molar-refractivity contribution >= 4 is 22.7 Å².